The number of hydrogen-bond donors (Lipinski definition) is 0. The molecule has 0 saturated heterocycles. The summed E-state index contributed by atoms with van der Waals surface area (Å²) in [5.41, 5.74) is 1.19. The summed E-state index contributed by atoms with van der Waals surface area (Å²) < 4.78 is 0. The summed E-state index contributed by atoms with van der Waals surface area (Å²) in [6, 6.07) is 0. The highest BCUT2D eigenvalue weighted by Gasteiger charge is 2.65. The van der Waals surface area contributed by atoms with Gasteiger partial charge in [-0.15, -0.1) is 0 Å². The van der Waals surface area contributed by atoms with Gasteiger partial charge in [-0.05, 0) is 55.3 Å². The van der Waals surface area contributed by atoms with Crippen LogP contribution in [0.2, 0.25) is 0 Å². The summed E-state index contributed by atoms with van der Waals surface area (Å²) in [6.07, 6.45) is 6.00. The molecular weight excluding hydrogens is 184 g/mol. The standard InChI is InChI=1S/C14H24O/c1-10(15)6-5-7-14(4)11-8-13(2,3)9-12(11)14/h11-12H,5-9H2,1-4H3/t11-,12+,14?. The van der Waals surface area contributed by atoms with Crippen LogP contribution in [0, 0.1) is 22.7 Å². The summed E-state index contributed by atoms with van der Waals surface area (Å²) in [5, 5.41) is 0. The number of fused-ring (bicyclic) bond motifs is 1. The molecule has 2 rings (SSSR count). The molecule has 0 aromatic carbocycles. The summed E-state index contributed by atoms with van der Waals surface area (Å²) in [5.74, 6) is 2.30. The fourth-order valence-electron chi connectivity index (χ4n) is 3.88. The lowest BCUT2D eigenvalue weighted by Crippen LogP contribution is -2.15. The SMILES string of the molecule is CC(=O)CCCC1(C)[C@@H]2CC(C)(C)C[C@@H]21. The molecule has 86 valence electrons. The van der Waals surface area contributed by atoms with E-state index in [2.05, 4.69) is 20.8 Å². The van der Waals surface area contributed by atoms with E-state index in [4.69, 9.17) is 0 Å². The zero-order chi connectivity index (χ0) is 11.3. The van der Waals surface area contributed by atoms with Gasteiger partial charge in [-0.25, -0.2) is 0 Å². The van der Waals surface area contributed by atoms with Gasteiger partial charge in [0.1, 0.15) is 5.78 Å². The number of carbonyl (C=O) groups is 1. The van der Waals surface area contributed by atoms with Crippen LogP contribution in [0.5, 0.6) is 0 Å². The van der Waals surface area contributed by atoms with E-state index in [1.165, 1.54) is 19.3 Å². The minimum Gasteiger partial charge on any atom is -0.300 e. The fraction of sp³-hybridized carbons (Fsp3) is 0.929. The maximum atomic E-state index is 10.9. The van der Waals surface area contributed by atoms with Crippen LogP contribution in [0.4, 0.5) is 0 Å². The third-order valence-electron chi connectivity index (χ3n) is 4.86. The Morgan fingerprint density at radius 1 is 1.20 bits per heavy atom. The first-order chi connectivity index (χ1) is 6.85. The van der Waals surface area contributed by atoms with Gasteiger partial charge in [0.15, 0.2) is 0 Å². The molecule has 0 radical (unpaired) electrons. The highest BCUT2D eigenvalue weighted by Crippen LogP contribution is 2.73. The van der Waals surface area contributed by atoms with Crippen LogP contribution in [-0.2, 0) is 4.79 Å². The molecule has 0 bridgehead atoms. The van der Waals surface area contributed by atoms with E-state index in [1.807, 2.05) is 0 Å². The predicted molar refractivity (Wildman–Crippen MR) is 62.6 cm³/mol. The Bertz CT molecular complexity index is 263. The van der Waals surface area contributed by atoms with Gasteiger partial charge in [-0.3, -0.25) is 0 Å². The van der Waals surface area contributed by atoms with E-state index in [0.717, 1.165) is 24.7 Å². The van der Waals surface area contributed by atoms with Crippen molar-refractivity contribution in [2.75, 3.05) is 0 Å². The molecule has 0 amide bonds. The smallest absolute Gasteiger partial charge is 0.129 e. The van der Waals surface area contributed by atoms with Crippen molar-refractivity contribution >= 4 is 5.78 Å². The average Bonchev–Trinajstić information content (AvgIpc) is 2.49. The van der Waals surface area contributed by atoms with E-state index in [0.29, 0.717) is 16.6 Å². The van der Waals surface area contributed by atoms with Crippen molar-refractivity contribution in [1.29, 1.82) is 0 Å². The second-order valence-electron chi connectivity index (χ2n) is 6.85. The Labute approximate surface area is 93.6 Å². The predicted octanol–water partition coefficient (Wildman–Crippen LogP) is 3.82. The maximum absolute atomic E-state index is 10.9. The Morgan fingerprint density at radius 2 is 1.73 bits per heavy atom. The van der Waals surface area contributed by atoms with Crippen LogP contribution in [0.1, 0.15) is 59.8 Å². The van der Waals surface area contributed by atoms with Gasteiger partial charge in [0, 0.05) is 6.42 Å². The molecule has 15 heavy (non-hydrogen) atoms. The zero-order valence-electron chi connectivity index (χ0n) is 10.6. The van der Waals surface area contributed by atoms with Gasteiger partial charge in [0.05, 0.1) is 0 Å². The normalized spacial score (nSPS) is 41.3. The number of rotatable bonds is 4. The summed E-state index contributed by atoms with van der Waals surface area (Å²) in [7, 11) is 0. The molecular formula is C14H24O. The molecule has 0 aromatic rings. The molecule has 1 unspecified atom stereocenters. The lowest BCUT2D eigenvalue weighted by molar-refractivity contribution is -0.117. The molecule has 0 spiro atoms. The number of hydrogen-bond acceptors (Lipinski definition) is 1. The number of carbonyl (C=O) groups excluding carboxylic acids is 1. The molecule has 0 heterocycles. The van der Waals surface area contributed by atoms with Crippen molar-refractivity contribution in [3.05, 3.63) is 0 Å². The van der Waals surface area contributed by atoms with Gasteiger partial charge in [-0.1, -0.05) is 20.8 Å². The molecule has 2 fully saturated rings. The van der Waals surface area contributed by atoms with Crippen LogP contribution in [0.25, 0.3) is 0 Å². The lowest BCUT2D eigenvalue weighted by atomic mass is 9.80. The van der Waals surface area contributed by atoms with Crippen molar-refractivity contribution in [2.45, 2.75) is 59.8 Å². The third kappa shape index (κ3) is 1.98. The van der Waals surface area contributed by atoms with Crippen molar-refractivity contribution in [3.63, 3.8) is 0 Å². The van der Waals surface area contributed by atoms with Crippen LogP contribution in [-0.4, -0.2) is 5.78 Å². The molecule has 1 nitrogen and oxygen atoms in total. The topological polar surface area (TPSA) is 17.1 Å². The molecule has 2 aliphatic rings. The van der Waals surface area contributed by atoms with Crippen LogP contribution < -0.4 is 0 Å². The van der Waals surface area contributed by atoms with Crippen molar-refractivity contribution in [2.24, 2.45) is 22.7 Å². The number of Topliss-reactive ketones (excluding diaryl/α,β-unsaturated/α-hetero) is 1. The Morgan fingerprint density at radius 3 is 2.20 bits per heavy atom. The molecule has 2 saturated carbocycles. The van der Waals surface area contributed by atoms with Gasteiger partial charge in [-0.2, -0.15) is 0 Å². The first-order valence-corrected chi connectivity index (χ1v) is 6.35. The van der Waals surface area contributed by atoms with Crippen LogP contribution >= 0.6 is 0 Å². The fourth-order valence-corrected chi connectivity index (χ4v) is 3.88. The Hall–Kier alpha value is -0.330. The Kier molecular flexibility index (Phi) is 2.48. The minimum absolute atomic E-state index is 0.352. The highest BCUT2D eigenvalue weighted by atomic mass is 16.1. The van der Waals surface area contributed by atoms with Crippen LogP contribution in [0.15, 0.2) is 0 Å². The van der Waals surface area contributed by atoms with E-state index in [9.17, 15) is 4.79 Å². The van der Waals surface area contributed by atoms with Crippen molar-refractivity contribution in [1.82, 2.24) is 0 Å². The summed E-state index contributed by atoms with van der Waals surface area (Å²) >= 11 is 0. The van der Waals surface area contributed by atoms with Gasteiger partial charge < -0.3 is 4.79 Å². The maximum Gasteiger partial charge on any atom is 0.129 e. The molecule has 0 aromatic heterocycles. The Balaban J connectivity index is 1.80. The molecule has 2 aliphatic carbocycles. The average molecular weight is 208 g/mol. The van der Waals surface area contributed by atoms with E-state index < -0.39 is 0 Å². The zero-order valence-corrected chi connectivity index (χ0v) is 10.6. The number of ketones is 1. The highest BCUT2D eigenvalue weighted by molar-refractivity contribution is 5.75. The quantitative estimate of drug-likeness (QED) is 0.686. The van der Waals surface area contributed by atoms with Crippen LogP contribution in [0.3, 0.4) is 0 Å². The molecule has 1 heteroatoms. The summed E-state index contributed by atoms with van der Waals surface area (Å²) in [4.78, 5) is 10.9. The van der Waals surface area contributed by atoms with Gasteiger partial charge in [0.25, 0.3) is 0 Å². The van der Waals surface area contributed by atoms with E-state index in [1.54, 1.807) is 6.92 Å². The second kappa shape index (κ2) is 3.33. The first-order valence-electron chi connectivity index (χ1n) is 6.35. The summed E-state index contributed by atoms with van der Waals surface area (Å²) in [6.45, 7) is 8.95. The molecule has 3 atom stereocenters. The van der Waals surface area contributed by atoms with Crippen molar-refractivity contribution < 1.29 is 4.79 Å². The lowest BCUT2D eigenvalue weighted by Gasteiger charge is -2.25. The van der Waals surface area contributed by atoms with E-state index in [-0.39, 0.29) is 0 Å². The first kappa shape index (κ1) is 11.2. The monoisotopic (exact) mass is 208 g/mol. The van der Waals surface area contributed by atoms with Crippen molar-refractivity contribution in [3.8, 4) is 0 Å². The second-order valence-corrected chi connectivity index (χ2v) is 6.85. The third-order valence-corrected chi connectivity index (χ3v) is 4.86. The van der Waals surface area contributed by atoms with E-state index >= 15 is 0 Å². The van der Waals surface area contributed by atoms with Gasteiger partial charge >= 0.3 is 0 Å². The molecule has 0 aliphatic heterocycles. The molecule has 0 N–H and O–H groups in total. The largest absolute Gasteiger partial charge is 0.300 e. The van der Waals surface area contributed by atoms with Gasteiger partial charge in [0.2, 0.25) is 0 Å². The minimum atomic E-state index is 0.352.